The number of methoxy groups -OCH3 is 1. The van der Waals surface area contributed by atoms with Crippen molar-refractivity contribution in [3.05, 3.63) is 88.4 Å². The Kier molecular flexibility index (Phi) is 6.84. The number of aromatic nitrogens is 1. The average Bonchev–Trinajstić information content (AvgIpc) is 2.94. The van der Waals surface area contributed by atoms with Crippen LogP contribution in [0, 0.1) is 6.92 Å². The summed E-state index contributed by atoms with van der Waals surface area (Å²) >= 11 is 6.45. The van der Waals surface area contributed by atoms with Gasteiger partial charge in [0.1, 0.15) is 5.75 Å². The summed E-state index contributed by atoms with van der Waals surface area (Å²) in [5.41, 5.74) is 6.53. The predicted molar refractivity (Wildman–Crippen MR) is 147 cm³/mol. The summed E-state index contributed by atoms with van der Waals surface area (Å²) in [4.78, 5) is 23.0. The smallest absolute Gasteiger partial charge is 0.254 e. The molecule has 1 fully saturated rings. The number of benzene rings is 3. The monoisotopic (exact) mass is 499 g/mol. The number of nitrogens with zero attached hydrogens (tertiary/aromatic N) is 3. The van der Waals surface area contributed by atoms with Crippen LogP contribution in [0.3, 0.4) is 0 Å². The Morgan fingerprint density at radius 3 is 2.31 bits per heavy atom. The topological polar surface area (TPSA) is 45.7 Å². The number of amides is 1. The third-order valence-corrected chi connectivity index (χ3v) is 7.47. The maximum atomic E-state index is 13.9. The largest absolute Gasteiger partial charge is 0.497 e. The summed E-state index contributed by atoms with van der Waals surface area (Å²) in [6.07, 6.45) is 0.979. The molecule has 0 radical (unpaired) electrons. The van der Waals surface area contributed by atoms with Crippen molar-refractivity contribution in [2.45, 2.75) is 20.3 Å². The van der Waals surface area contributed by atoms with Gasteiger partial charge in [-0.3, -0.25) is 4.79 Å². The normalized spacial score (nSPS) is 13.8. The molecule has 2 heterocycles. The number of piperazine rings is 1. The van der Waals surface area contributed by atoms with E-state index in [1.165, 1.54) is 5.56 Å². The molecule has 0 bridgehead atoms. The molecule has 184 valence electrons. The van der Waals surface area contributed by atoms with Crippen molar-refractivity contribution in [2.75, 3.05) is 38.2 Å². The fourth-order valence-corrected chi connectivity index (χ4v) is 4.92. The van der Waals surface area contributed by atoms with E-state index in [0.29, 0.717) is 23.7 Å². The van der Waals surface area contributed by atoms with Gasteiger partial charge in [0.15, 0.2) is 0 Å². The van der Waals surface area contributed by atoms with Gasteiger partial charge in [-0.2, -0.15) is 0 Å². The van der Waals surface area contributed by atoms with Gasteiger partial charge in [0.25, 0.3) is 5.91 Å². The van der Waals surface area contributed by atoms with E-state index in [2.05, 4.69) is 48.2 Å². The maximum Gasteiger partial charge on any atom is 0.254 e. The molecule has 1 saturated heterocycles. The fraction of sp³-hybridized carbons (Fsp3) is 0.267. The molecular formula is C30H30ClN3O2. The minimum atomic E-state index is 0.0323. The lowest BCUT2D eigenvalue weighted by atomic mass is 10.00. The number of aryl methyl sites for hydroxylation is 2. The highest BCUT2D eigenvalue weighted by molar-refractivity contribution is 6.32. The van der Waals surface area contributed by atoms with Gasteiger partial charge >= 0.3 is 0 Å². The number of halogens is 1. The fourth-order valence-electron chi connectivity index (χ4n) is 4.77. The molecule has 1 aliphatic heterocycles. The molecule has 0 atom stereocenters. The van der Waals surface area contributed by atoms with Crippen LogP contribution in [0.4, 0.5) is 5.69 Å². The molecular weight excluding hydrogens is 470 g/mol. The Bertz CT molecular complexity index is 1390. The number of carbonyl (C=O) groups excluding carboxylic acids is 1. The van der Waals surface area contributed by atoms with Crippen LogP contribution >= 0.6 is 11.6 Å². The zero-order valence-electron chi connectivity index (χ0n) is 20.9. The number of pyridine rings is 1. The van der Waals surface area contributed by atoms with Gasteiger partial charge in [-0.05, 0) is 60.9 Å². The van der Waals surface area contributed by atoms with Crippen LogP contribution in [0.2, 0.25) is 5.02 Å². The van der Waals surface area contributed by atoms with Gasteiger partial charge < -0.3 is 14.5 Å². The van der Waals surface area contributed by atoms with Crippen LogP contribution in [0.1, 0.15) is 28.4 Å². The van der Waals surface area contributed by atoms with Crippen LogP contribution < -0.4 is 9.64 Å². The Morgan fingerprint density at radius 2 is 1.67 bits per heavy atom. The molecule has 0 spiro atoms. The summed E-state index contributed by atoms with van der Waals surface area (Å²) in [7, 11) is 1.67. The standard InChI is InChI=1S/C30H30ClN3O2/c1-4-21-5-7-22(8-6-21)28-19-26(25-13-14-27(31)20(2)29(25)32-28)30(35)34-17-15-33(16-18-34)23-9-11-24(36-3)12-10-23/h5-14,19H,4,15-18H2,1-3H3. The molecule has 0 saturated carbocycles. The molecule has 1 aromatic heterocycles. The molecule has 5 nitrogen and oxygen atoms in total. The lowest BCUT2D eigenvalue weighted by Gasteiger charge is -2.36. The second-order valence-electron chi connectivity index (χ2n) is 9.15. The quantitative estimate of drug-likeness (QED) is 0.319. The maximum absolute atomic E-state index is 13.9. The lowest BCUT2D eigenvalue weighted by Crippen LogP contribution is -2.48. The number of fused-ring (bicyclic) bond motifs is 1. The van der Waals surface area contributed by atoms with Crippen molar-refractivity contribution in [3.63, 3.8) is 0 Å². The number of ether oxygens (including phenoxy) is 1. The first kappa shape index (κ1) is 24.1. The van der Waals surface area contributed by atoms with Crippen molar-refractivity contribution in [3.8, 4) is 17.0 Å². The zero-order chi connectivity index (χ0) is 25.2. The molecule has 6 heteroatoms. The lowest BCUT2D eigenvalue weighted by molar-refractivity contribution is 0.0748. The third-order valence-electron chi connectivity index (χ3n) is 7.06. The van der Waals surface area contributed by atoms with Crippen molar-refractivity contribution >= 4 is 34.1 Å². The molecule has 3 aromatic carbocycles. The first-order valence-electron chi connectivity index (χ1n) is 12.4. The first-order valence-corrected chi connectivity index (χ1v) is 12.7. The van der Waals surface area contributed by atoms with E-state index >= 15 is 0 Å². The molecule has 5 rings (SSSR count). The van der Waals surface area contributed by atoms with Crippen molar-refractivity contribution in [2.24, 2.45) is 0 Å². The van der Waals surface area contributed by atoms with Gasteiger partial charge in [0.05, 0.1) is 23.9 Å². The van der Waals surface area contributed by atoms with Gasteiger partial charge in [-0.25, -0.2) is 4.98 Å². The molecule has 0 N–H and O–H groups in total. The highest BCUT2D eigenvalue weighted by Crippen LogP contribution is 2.31. The summed E-state index contributed by atoms with van der Waals surface area (Å²) < 4.78 is 5.27. The number of rotatable bonds is 5. The molecule has 0 unspecified atom stereocenters. The Hall–Kier alpha value is -3.57. The predicted octanol–water partition coefficient (Wildman–Crippen LogP) is 6.40. The summed E-state index contributed by atoms with van der Waals surface area (Å²) in [5, 5.41) is 1.49. The van der Waals surface area contributed by atoms with E-state index in [-0.39, 0.29) is 5.91 Å². The third kappa shape index (κ3) is 4.63. The zero-order valence-corrected chi connectivity index (χ0v) is 21.7. The second kappa shape index (κ2) is 10.2. The van der Waals surface area contributed by atoms with E-state index in [0.717, 1.165) is 58.7 Å². The van der Waals surface area contributed by atoms with E-state index < -0.39 is 0 Å². The Balaban J connectivity index is 1.45. The first-order chi connectivity index (χ1) is 17.5. The molecule has 0 aliphatic carbocycles. The van der Waals surface area contributed by atoms with Gasteiger partial charge in [-0.1, -0.05) is 48.9 Å². The average molecular weight is 500 g/mol. The van der Waals surface area contributed by atoms with Gasteiger partial charge in [-0.15, -0.1) is 0 Å². The number of carbonyl (C=O) groups is 1. The van der Waals surface area contributed by atoms with E-state index in [1.807, 2.05) is 42.2 Å². The minimum Gasteiger partial charge on any atom is -0.497 e. The SMILES string of the molecule is CCc1ccc(-c2cc(C(=O)N3CCN(c4ccc(OC)cc4)CC3)c3ccc(Cl)c(C)c3n2)cc1. The molecule has 4 aromatic rings. The van der Waals surface area contributed by atoms with Crippen LogP contribution in [0.15, 0.2) is 66.7 Å². The Labute approximate surface area is 217 Å². The summed E-state index contributed by atoms with van der Waals surface area (Å²) in [5.74, 6) is 0.873. The van der Waals surface area contributed by atoms with E-state index in [1.54, 1.807) is 7.11 Å². The van der Waals surface area contributed by atoms with Crippen LogP contribution in [0.5, 0.6) is 5.75 Å². The highest BCUT2D eigenvalue weighted by atomic mass is 35.5. The van der Waals surface area contributed by atoms with E-state index in [4.69, 9.17) is 21.3 Å². The van der Waals surface area contributed by atoms with Crippen LogP contribution in [-0.4, -0.2) is 49.1 Å². The van der Waals surface area contributed by atoms with Crippen molar-refractivity contribution in [1.29, 1.82) is 0 Å². The molecule has 36 heavy (non-hydrogen) atoms. The van der Waals surface area contributed by atoms with Crippen molar-refractivity contribution < 1.29 is 9.53 Å². The second-order valence-corrected chi connectivity index (χ2v) is 9.56. The van der Waals surface area contributed by atoms with E-state index in [9.17, 15) is 4.79 Å². The number of hydrogen-bond donors (Lipinski definition) is 0. The Morgan fingerprint density at radius 1 is 0.972 bits per heavy atom. The van der Waals surface area contributed by atoms with Crippen LogP contribution in [0.25, 0.3) is 22.2 Å². The molecule has 1 amide bonds. The van der Waals surface area contributed by atoms with Gasteiger partial charge in [0, 0.05) is 47.8 Å². The minimum absolute atomic E-state index is 0.0323. The highest BCUT2D eigenvalue weighted by Gasteiger charge is 2.25. The van der Waals surface area contributed by atoms with Crippen LogP contribution in [-0.2, 0) is 6.42 Å². The summed E-state index contributed by atoms with van der Waals surface area (Å²) in [6.45, 7) is 6.96. The van der Waals surface area contributed by atoms with Crippen molar-refractivity contribution in [1.82, 2.24) is 9.88 Å². The number of hydrogen-bond acceptors (Lipinski definition) is 4. The number of anilines is 1. The van der Waals surface area contributed by atoms with Gasteiger partial charge in [0.2, 0.25) is 0 Å². The molecule has 1 aliphatic rings. The summed E-state index contributed by atoms with van der Waals surface area (Å²) in [6, 6.07) is 22.2.